The van der Waals surface area contributed by atoms with Gasteiger partial charge in [-0.25, -0.2) is 0 Å². The lowest BCUT2D eigenvalue weighted by Crippen LogP contribution is -2.56. The highest BCUT2D eigenvalue weighted by molar-refractivity contribution is 14.1. The third-order valence-electron chi connectivity index (χ3n) is 8.33. The predicted octanol–water partition coefficient (Wildman–Crippen LogP) is 2.69. The summed E-state index contributed by atoms with van der Waals surface area (Å²) in [5.41, 5.74) is 1.02. The molecule has 0 bridgehead atoms. The summed E-state index contributed by atoms with van der Waals surface area (Å²) in [6, 6.07) is 2.72. The molecule has 3 aliphatic rings. The van der Waals surface area contributed by atoms with Gasteiger partial charge >= 0.3 is 0 Å². The van der Waals surface area contributed by atoms with Gasteiger partial charge in [-0.3, -0.25) is 9.59 Å². The number of methoxy groups -OCH3 is 1. The molecule has 2 aliphatic carbocycles. The van der Waals surface area contributed by atoms with Crippen LogP contribution in [0.1, 0.15) is 63.4 Å². The molecule has 4 rings (SSSR count). The maximum atomic E-state index is 13.8. The first-order valence-corrected chi connectivity index (χ1v) is 15.7. The number of nitrogens with zero attached hydrogens (tertiary/aromatic N) is 1. The molecule has 1 aliphatic heterocycles. The molecule has 0 aromatic heterocycles. The zero-order valence-electron chi connectivity index (χ0n) is 23.7. The van der Waals surface area contributed by atoms with Gasteiger partial charge in [0.25, 0.3) is 0 Å². The van der Waals surface area contributed by atoms with Gasteiger partial charge in [-0.1, -0.05) is 25.7 Å². The van der Waals surface area contributed by atoms with Crippen LogP contribution >= 0.6 is 22.6 Å². The van der Waals surface area contributed by atoms with E-state index in [1.165, 1.54) is 20.0 Å². The second kappa shape index (κ2) is 15.5. The molecule has 0 radical (unpaired) electrons. The van der Waals surface area contributed by atoms with Gasteiger partial charge in [0.1, 0.15) is 12.2 Å². The molecule has 41 heavy (non-hydrogen) atoms. The van der Waals surface area contributed by atoms with Crippen LogP contribution in [0.2, 0.25) is 0 Å². The van der Waals surface area contributed by atoms with Crippen LogP contribution < -0.4 is 14.8 Å². The third-order valence-corrected chi connectivity index (χ3v) is 9.13. The first kappa shape index (κ1) is 32.0. The molecular weight excluding hydrogens is 643 g/mol. The maximum Gasteiger partial charge on any atom is 0.247 e. The minimum Gasteiger partial charge on any atom is -0.493 e. The third kappa shape index (κ3) is 8.34. The molecule has 1 aromatic rings. The monoisotopic (exact) mass is 686 g/mol. The number of ether oxygens (including phenoxy) is 3. The van der Waals surface area contributed by atoms with E-state index in [0.717, 1.165) is 32.1 Å². The van der Waals surface area contributed by atoms with Crippen molar-refractivity contribution in [3.05, 3.63) is 32.9 Å². The number of hydrogen-bond donors (Lipinski definition) is 4. The molecular formula is C30H43IN2O8. The van der Waals surface area contributed by atoms with E-state index in [1.807, 2.05) is 0 Å². The van der Waals surface area contributed by atoms with Gasteiger partial charge in [-0.15, -0.1) is 0 Å². The van der Waals surface area contributed by atoms with E-state index in [-0.39, 0.29) is 44.1 Å². The number of benzene rings is 1. The van der Waals surface area contributed by atoms with Gasteiger partial charge in [0.05, 0.1) is 36.0 Å². The fourth-order valence-electron chi connectivity index (χ4n) is 6.09. The molecule has 11 heteroatoms. The number of amides is 2. The summed E-state index contributed by atoms with van der Waals surface area (Å²) >= 11 is 2.08. The lowest BCUT2D eigenvalue weighted by Gasteiger charge is -2.41. The first-order chi connectivity index (χ1) is 19.8. The van der Waals surface area contributed by atoms with Crippen molar-refractivity contribution in [2.75, 3.05) is 33.4 Å². The van der Waals surface area contributed by atoms with Gasteiger partial charge in [-0.05, 0) is 71.5 Å². The average Bonchev–Trinajstić information content (AvgIpc) is 3.70. The van der Waals surface area contributed by atoms with Crippen LogP contribution in [0.5, 0.6) is 11.5 Å². The standard InChI is InChI=1S/C30H43IN2O8/c1-39-26-14-20(18-35)13-23(31)29(26)41-25-16-21(30(38)32-10-11-34)15-24(28(25)37)33(17-22-7-4-12-40-22)27(36)9-8-19-5-2-3-6-19/h13-14,16,19,22,24-25,28,34-35,37H,2-12,15,17-18H2,1H3,(H,32,38)/t22-,24+,25-,28-/m0/s1. The van der Waals surface area contributed by atoms with E-state index >= 15 is 0 Å². The van der Waals surface area contributed by atoms with Crippen molar-refractivity contribution < 1.29 is 39.1 Å². The minimum absolute atomic E-state index is 0.0494. The summed E-state index contributed by atoms with van der Waals surface area (Å²) in [6.07, 6.45) is 7.20. The van der Waals surface area contributed by atoms with Gasteiger partial charge in [-0.2, -0.15) is 0 Å². The molecule has 228 valence electrons. The number of hydrogen-bond acceptors (Lipinski definition) is 8. The van der Waals surface area contributed by atoms with Crippen LogP contribution in [0.3, 0.4) is 0 Å². The Bertz CT molecular complexity index is 1070. The van der Waals surface area contributed by atoms with Crippen molar-refractivity contribution in [2.24, 2.45) is 5.92 Å². The highest BCUT2D eigenvalue weighted by atomic mass is 127. The van der Waals surface area contributed by atoms with Crippen molar-refractivity contribution in [3.8, 4) is 11.5 Å². The molecule has 2 fully saturated rings. The second-order valence-corrected chi connectivity index (χ2v) is 12.3. The van der Waals surface area contributed by atoms with Crippen LogP contribution in [0.15, 0.2) is 23.8 Å². The molecule has 1 aromatic carbocycles. The summed E-state index contributed by atoms with van der Waals surface area (Å²) in [7, 11) is 1.50. The highest BCUT2D eigenvalue weighted by Crippen LogP contribution is 2.37. The van der Waals surface area contributed by atoms with Gasteiger partial charge in [0.15, 0.2) is 11.5 Å². The Labute approximate surface area is 255 Å². The van der Waals surface area contributed by atoms with Gasteiger partial charge in [0, 0.05) is 38.1 Å². The number of carbonyl (C=O) groups excluding carboxylic acids is 2. The molecule has 10 nitrogen and oxygen atoms in total. The Balaban J connectivity index is 1.64. The van der Waals surface area contributed by atoms with E-state index in [9.17, 15) is 24.9 Å². The fraction of sp³-hybridized carbons (Fsp3) is 0.667. The topological polar surface area (TPSA) is 138 Å². The molecule has 1 saturated heterocycles. The SMILES string of the molecule is COc1cc(CO)cc(I)c1O[C@H]1C=C(C(=O)NCCO)C[C@@H](N(C[C@@H]2CCCO2)C(=O)CCC2CCCC2)[C@@H]1O. The Morgan fingerprint density at radius 1 is 1.17 bits per heavy atom. The fourth-order valence-corrected chi connectivity index (χ4v) is 6.89. The van der Waals surface area contributed by atoms with Crippen molar-refractivity contribution in [2.45, 2.75) is 88.7 Å². The normalized spacial score (nSPS) is 24.7. The zero-order chi connectivity index (χ0) is 29.4. The highest BCUT2D eigenvalue weighted by Gasteiger charge is 2.42. The van der Waals surface area contributed by atoms with Crippen LogP contribution in [0.4, 0.5) is 0 Å². The first-order valence-electron chi connectivity index (χ1n) is 14.7. The van der Waals surface area contributed by atoms with Crippen molar-refractivity contribution in [1.82, 2.24) is 10.2 Å². The van der Waals surface area contributed by atoms with E-state index in [1.54, 1.807) is 23.1 Å². The lowest BCUT2D eigenvalue weighted by molar-refractivity contribution is -0.141. The number of aliphatic hydroxyl groups is 3. The molecule has 1 heterocycles. The Morgan fingerprint density at radius 2 is 1.95 bits per heavy atom. The largest absolute Gasteiger partial charge is 0.493 e. The van der Waals surface area contributed by atoms with E-state index in [0.29, 0.717) is 51.7 Å². The minimum atomic E-state index is -1.13. The Morgan fingerprint density at radius 3 is 2.61 bits per heavy atom. The van der Waals surface area contributed by atoms with Crippen LogP contribution in [-0.2, 0) is 20.9 Å². The quantitative estimate of drug-likeness (QED) is 0.233. The summed E-state index contributed by atoms with van der Waals surface area (Å²) < 4.78 is 18.4. The van der Waals surface area contributed by atoms with E-state index < -0.39 is 18.2 Å². The molecule has 0 unspecified atom stereocenters. The smallest absolute Gasteiger partial charge is 0.247 e. The number of aliphatic hydroxyl groups excluding tert-OH is 3. The Kier molecular flexibility index (Phi) is 12.1. The second-order valence-electron chi connectivity index (χ2n) is 11.2. The number of carbonyl (C=O) groups is 2. The summed E-state index contributed by atoms with van der Waals surface area (Å²) in [5, 5.41) is 33.3. The van der Waals surface area contributed by atoms with Crippen molar-refractivity contribution in [3.63, 3.8) is 0 Å². The lowest BCUT2D eigenvalue weighted by atomic mass is 9.87. The number of halogens is 1. The van der Waals surface area contributed by atoms with Crippen LogP contribution in [0.25, 0.3) is 0 Å². The van der Waals surface area contributed by atoms with Crippen molar-refractivity contribution >= 4 is 34.4 Å². The molecule has 4 atom stereocenters. The van der Waals surface area contributed by atoms with E-state index in [2.05, 4.69) is 27.9 Å². The predicted molar refractivity (Wildman–Crippen MR) is 161 cm³/mol. The van der Waals surface area contributed by atoms with Gasteiger partial charge in [0.2, 0.25) is 11.8 Å². The zero-order valence-corrected chi connectivity index (χ0v) is 25.9. The summed E-state index contributed by atoms with van der Waals surface area (Å²) in [6.45, 7) is 0.697. The van der Waals surface area contributed by atoms with Crippen LogP contribution in [0, 0.1) is 9.49 Å². The Hall–Kier alpha value is -1.93. The molecule has 2 amide bonds. The summed E-state index contributed by atoms with van der Waals surface area (Å²) in [4.78, 5) is 28.6. The number of nitrogens with one attached hydrogen (secondary N) is 1. The van der Waals surface area contributed by atoms with Gasteiger partial charge < -0.3 is 39.7 Å². The van der Waals surface area contributed by atoms with E-state index in [4.69, 9.17) is 14.2 Å². The molecule has 4 N–H and O–H groups in total. The number of rotatable bonds is 13. The maximum absolute atomic E-state index is 13.8. The molecule has 1 saturated carbocycles. The molecule has 0 spiro atoms. The summed E-state index contributed by atoms with van der Waals surface area (Å²) in [5.74, 6) is 0.884. The van der Waals surface area contributed by atoms with Crippen molar-refractivity contribution in [1.29, 1.82) is 0 Å². The van der Waals surface area contributed by atoms with Crippen LogP contribution in [-0.4, -0.2) is 89.8 Å². The average molecular weight is 687 g/mol.